The molecule has 57 heavy (non-hydrogen) atoms. The molecule has 2 aliphatic rings. The van der Waals surface area contributed by atoms with Gasteiger partial charge in [-0.3, -0.25) is 9.59 Å². The Morgan fingerprint density at radius 2 is 1.44 bits per heavy atom. The summed E-state index contributed by atoms with van der Waals surface area (Å²) in [6, 6.07) is 31.6. The lowest BCUT2D eigenvalue weighted by Crippen LogP contribution is -2.49. The lowest BCUT2D eigenvalue weighted by Gasteiger charge is -2.25. The minimum absolute atomic E-state index is 0.0457. The van der Waals surface area contributed by atoms with E-state index >= 15 is 0 Å². The monoisotopic (exact) mass is 773 g/mol. The van der Waals surface area contributed by atoms with Gasteiger partial charge in [0.15, 0.2) is 6.04 Å². The van der Waals surface area contributed by atoms with E-state index in [1.807, 2.05) is 84.9 Å². The lowest BCUT2D eigenvalue weighted by atomic mass is 9.98. The average Bonchev–Trinajstić information content (AvgIpc) is 3.56. The number of ether oxygens (including phenoxy) is 3. The predicted molar refractivity (Wildman–Crippen MR) is 211 cm³/mol. The second-order valence-corrected chi connectivity index (χ2v) is 14.0. The number of aliphatic hydroxyl groups is 1. The van der Waals surface area contributed by atoms with Gasteiger partial charge in [-0.25, -0.2) is 14.4 Å². The van der Waals surface area contributed by atoms with E-state index in [0.717, 1.165) is 27.8 Å². The normalized spacial score (nSPS) is 18.3. The number of alkyl carbamates (subject to hydrolysis) is 1. The van der Waals surface area contributed by atoms with Crippen LogP contribution in [0.25, 0.3) is 11.1 Å². The number of aliphatic hydroxyl groups excluding tert-OH is 1. The second kappa shape index (κ2) is 20.1. The van der Waals surface area contributed by atoms with Gasteiger partial charge in [0.2, 0.25) is 11.8 Å². The largest absolute Gasteiger partial charge is 0.461 e. The predicted octanol–water partition coefficient (Wildman–Crippen LogP) is 5.43. The molecule has 1 aliphatic carbocycles. The molecule has 1 heterocycles. The number of hydrogen-bond donors (Lipinski definition) is 3. The molecule has 3 amide bonds. The minimum atomic E-state index is -1.42. The molecule has 0 saturated carbocycles. The van der Waals surface area contributed by atoms with Crippen molar-refractivity contribution >= 4 is 29.8 Å². The number of rotatable bonds is 12. The topological polar surface area (TPSA) is 161 Å². The average molecular weight is 774 g/mol. The first-order valence-electron chi connectivity index (χ1n) is 19.2. The van der Waals surface area contributed by atoms with Crippen molar-refractivity contribution in [2.24, 2.45) is 5.92 Å². The number of benzene rings is 4. The third-order valence-corrected chi connectivity index (χ3v) is 10.1. The van der Waals surface area contributed by atoms with Gasteiger partial charge in [-0.15, -0.1) is 0 Å². The van der Waals surface area contributed by atoms with Crippen LogP contribution in [-0.2, 0) is 46.5 Å². The summed E-state index contributed by atoms with van der Waals surface area (Å²) >= 11 is 0. The van der Waals surface area contributed by atoms with Crippen LogP contribution in [0.5, 0.6) is 0 Å². The van der Waals surface area contributed by atoms with Gasteiger partial charge in [-0.1, -0.05) is 121 Å². The summed E-state index contributed by atoms with van der Waals surface area (Å²) in [7, 11) is 0. The molecule has 0 unspecified atom stereocenters. The molecule has 4 aromatic rings. The number of nitrogens with zero attached hydrogens (tertiary/aromatic N) is 1. The number of carbonyl (C=O) groups excluding carboxylic acids is 5. The summed E-state index contributed by atoms with van der Waals surface area (Å²) in [4.78, 5) is 69.1. The zero-order valence-corrected chi connectivity index (χ0v) is 31.6. The number of cyclic esters (lactones) is 1. The van der Waals surface area contributed by atoms with Gasteiger partial charge < -0.3 is 34.9 Å². The highest BCUT2D eigenvalue weighted by molar-refractivity contribution is 5.90. The van der Waals surface area contributed by atoms with Gasteiger partial charge >= 0.3 is 18.0 Å². The summed E-state index contributed by atoms with van der Waals surface area (Å²) in [5, 5.41) is 15.0. The summed E-state index contributed by atoms with van der Waals surface area (Å²) in [5.41, 5.74) is 5.83. The van der Waals surface area contributed by atoms with Crippen molar-refractivity contribution in [1.82, 2.24) is 15.5 Å². The lowest BCUT2D eigenvalue weighted by molar-refractivity contribution is -0.156. The maximum absolute atomic E-state index is 13.8. The summed E-state index contributed by atoms with van der Waals surface area (Å²) < 4.78 is 16.8. The maximum Gasteiger partial charge on any atom is 0.407 e. The number of esters is 2. The molecule has 6 rings (SSSR count). The smallest absolute Gasteiger partial charge is 0.407 e. The van der Waals surface area contributed by atoms with E-state index in [1.54, 1.807) is 36.4 Å². The van der Waals surface area contributed by atoms with Crippen LogP contribution in [0.2, 0.25) is 0 Å². The van der Waals surface area contributed by atoms with Crippen LogP contribution >= 0.6 is 0 Å². The molecule has 1 aliphatic heterocycles. The van der Waals surface area contributed by atoms with Crippen LogP contribution in [0.15, 0.2) is 121 Å². The Hall–Kier alpha value is -6.27. The van der Waals surface area contributed by atoms with Crippen molar-refractivity contribution in [3.63, 3.8) is 0 Å². The van der Waals surface area contributed by atoms with E-state index in [9.17, 15) is 29.1 Å². The van der Waals surface area contributed by atoms with Gasteiger partial charge in [-0.2, -0.15) is 0 Å². The number of allylic oxidation sites excluding steroid dienone is 2. The quantitative estimate of drug-likeness (QED) is 0.0969. The molecular weight excluding hydrogens is 727 g/mol. The first kappa shape index (κ1) is 40.4. The molecule has 0 aromatic heterocycles. The second-order valence-electron chi connectivity index (χ2n) is 14.0. The SMILES string of the molecule is O=C(N[C@H]1CCC=CC[C@H](CC(=O)N(CCO)Cc2ccccc2)C(=O)N[C@@H](C(=O)OCc2ccccc2)COC1=O)OCC1c2ccccc2-c2ccccc21. The Balaban J connectivity index is 1.15. The third-order valence-electron chi connectivity index (χ3n) is 10.1. The van der Waals surface area contributed by atoms with Crippen molar-refractivity contribution in [2.75, 3.05) is 26.4 Å². The van der Waals surface area contributed by atoms with Gasteiger partial charge in [0, 0.05) is 25.4 Å². The standard InChI is InChI=1S/C45H47N3O9/c49-25-24-48(27-31-14-4-1-5-15-31)41(50)26-33-18-8-3-9-23-39(43(52)56-30-40(46-42(33)51)44(53)55-28-32-16-6-2-7-17-32)47-45(54)57-29-38-36-21-12-10-19-34(36)35-20-11-13-22-37(35)38/h1-8,10-17,19-22,33,38-40,49H,9,18,23-30H2,(H,46,51)(H,47,54)/t33-,39+,40-/m1/s1. The van der Waals surface area contributed by atoms with Crippen molar-refractivity contribution in [1.29, 1.82) is 0 Å². The molecule has 0 fully saturated rings. The highest BCUT2D eigenvalue weighted by atomic mass is 16.6. The van der Waals surface area contributed by atoms with E-state index in [4.69, 9.17) is 14.2 Å². The Morgan fingerprint density at radius 1 is 0.807 bits per heavy atom. The van der Waals surface area contributed by atoms with Crippen molar-refractivity contribution < 1.29 is 43.3 Å². The van der Waals surface area contributed by atoms with Gasteiger partial charge in [0.25, 0.3) is 0 Å². The molecule has 3 atom stereocenters. The minimum Gasteiger partial charge on any atom is -0.461 e. The molecule has 0 bridgehead atoms. The zero-order chi connectivity index (χ0) is 40.0. The van der Waals surface area contributed by atoms with Gasteiger partial charge in [-0.05, 0) is 52.6 Å². The number of hydrogen-bond acceptors (Lipinski definition) is 9. The summed E-state index contributed by atoms with van der Waals surface area (Å²) in [6.45, 7) is -0.579. The Bertz CT molecular complexity index is 1990. The molecule has 0 saturated heterocycles. The molecule has 296 valence electrons. The fourth-order valence-corrected chi connectivity index (χ4v) is 7.07. The first-order valence-corrected chi connectivity index (χ1v) is 19.2. The molecule has 0 spiro atoms. The van der Waals surface area contributed by atoms with E-state index in [-0.39, 0.29) is 64.0 Å². The molecule has 12 heteroatoms. The van der Waals surface area contributed by atoms with E-state index in [1.165, 1.54) is 4.90 Å². The Labute approximate surface area is 331 Å². The number of carbonyl (C=O) groups is 5. The summed E-state index contributed by atoms with van der Waals surface area (Å²) in [5.74, 6) is -3.71. The molecule has 0 radical (unpaired) electrons. The third kappa shape index (κ3) is 10.9. The fraction of sp³-hybridized carbons (Fsp3) is 0.311. The first-order chi connectivity index (χ1) is 27.8. The van der Waals surface area contributed by atoms with E-state index < -0.39 is 48.5 Å². The van der Waals surface area contributed by atoms with Crippen molar-refractivity contribution in [2.45, 2.75) is 56.8 Å². The molecule has 3 N–H and O–H groups in total. The Morgan fingerprint density at radius 3 is 2.11 bits per heavy atom. The molecular formula is C45H47N3O9. The van der Waals surface area contributed by atoms with Gasteiger partial charge in [0.1, 0.15) is 25.9 Å². The highest BCUT2D eigenvalue weighted by Crippen LogP contribution is 2.44. The fourth-order valence-electron chi connectivity index (χ4n) is 7.07. The van der Waals surface area contributed by atoms with Crippen LogP contribution in [-0.4, -0.2) is 78.3 Å². The Kier molecular flexibility index (Phi) is 14.2. The van der Waals surface area contributed by atoms with Crippen LogP contribution in [0.1, 0.15) is 53.9 Å². The molecule has 12 nitrogen and oxygen atoms in total. The van der Waals surface area contributed by atoms with Crippen molar-refractivity contribution in [3.05, 3.63) is 144 Å². The number of nitrogens with one attached hydrogen (secondary N) is 2. The zero-order valence-electron chi connectivity index (χ0n) is 31.6. The van der Waals surface area contributed by atoms with Crippen LogP contribution in [0.3, 0.4) is 0 Å². The molecule has 4 aromatic carbocycles. The summed E-state index contributed by atoms with van der Waals surface area (Å²) in [6.07, 6.45) is 3.08. The van der Waals surface area contributed by atoms with E-state index in [2.05, 4.69) is 10.6 Å². The van der Waals surface area contributed by atoms with Crippen LogP contribution < -0.4 is 10.6 Å². The van der Waals surface area contributed by atoms with E-state index in [0.29, 0.717) is 12.0 Å². The van der Waals surface area contributed by atoms with Gasteiger partial charge in [0.05, 0.1) is 12.5 Å². The maximum atomic E-state index is 13.8. The number of fused-ring (bicyclic) bond motifs is 3. The van der Waals surface area contributed by atoms with Crippen molar-refractivity contribution in [3.8, 4) is 11.1 Å². The van der Waals surface area contributed by atoms with Crippen LogP contribution in [0.4, 0.5) is 4.79 Å². The van der Waals surface area contributed by atoms with Crippen LogP contribution in [0, 0.1) is 5.92 Å². The highest BCUT2D eigenvalue weighted by Gasteiger charge is 2.33. The number of amides is 3.